The van der Waals surface area contributed by atoms with E-state index in [0.717, 1.165) is 6.42 Å². The van der Waals surface area contributed by atoms with Crippen molar-refractivity contribution in [1.29, 1.82) is 0 Å². The molecule has 1 aliphatic heterocycles. The minimum atomic E-state index is -1.18. The molecule has 0 bridgehead atoms. The molecule has 1 heterocycles. The van der Waals surface area contributed by atoms with Gasteiger partial charge in [0.1, 0.15) is 18.1 Å². The van der Waals surface area contributed by atoms with E-state index in [9.17, 15) is 19.2 Å². The number of hydrogen-bond donors (Lipinski definition) is 5. The smallest absolute Gasteiger partial charge is 0.327 e. The molecule has 1 rings (SSSR count). The molecule has 30 heavy (non-hydrogen) atoms. The number of likely N-dealkylation sites (tertiary alicyclic amines) is 1. The highest BCUT2D eigenvalue weighted by Gasteiger charge is 2.40. The molecule has 6 atom stereocenters. The van der Waals surface area contributed by atoms with E-state index >= 15 is 0 Å². The lowest BCUT2D eigenvalue weighted by Crippen LogP contribution is -2.59. The molecule has 0 radical (unpaired) electrons. The molecule has 9 nitrogen and oxygen atoms in total. The zero-order valence-electron chi connectivity index (χ0n) is 18.3. The maximum absolute atomic E-state index is 13.3. The number of aliphatic carboxylic acids is 1. The van der Waals surface area contributed by atoms with Crippen LogP contribution in [0.3, 0.4) is 0 Å². The summed E-state index contributed by atoms with van der Waals surface area (Å²) in [6.45, 7) is 7.98. The molecule has 0 saturated carbocycles. The van der Waals surface area contributed by atoms with Crippen LogP contribution in [0.15, 0.2) is 0 Å². The van der Waals surface area contributed by atoms with E-state index in [2.05, 4.69) is 23.3 Å². The summed E-state index contributed by atoms with van der Waals surface area (Å²) >= 11 is 3.95. The minimum absolute atomic E-state index is 0.0304. The fourth-order valence-corrected chi connectivity index (χ4v) is 3.63. The van der Waals surface area contributed by atoms with E-state index in [4.69, 9.17) is 10.8 Å². The molecule has 0 aromatic heterocycles. The van der Waals surface area contributed by atoms with Gasteiger partial charge >= 0.3 is 5.97 Å². The zero-order chi connectivity index (χ0) is 23.0. The lowest BCUT2D eigenvalue weighted by atomic mass is 9.95. The molecule has 1 fully saturated rings. The predicted molar refractivity (Wildman–Crippen MR) is 117 cm³/mol. The molecule has 172 valence electrons. The predicted octanol–water partition coefficient (Wildman–Crippen LogP) is 0.381. The largest absolute Gasteiger partial charge is 0.480 e. The Balaban J connectivity index is 2.98. The number of carboxylic acid groups (broad SMARTS) is 1. The summed E-state index contributed by atoms with van der Waals surface area (Å²) in [4.78, 5) is 51.2. The third kappa shape index (κ3) is 6.60. The maximum Gasteiger partial charge on any atom is 0.327 e. The summed E-state index contributed by atoms with van der Waals surface area (Å²) in [7, 11) is 0. The molecule has 5 N–H and O–H groups in total. The lowest BCUT2D eigenvalue weighted by molar-refractivity contribution is -0.145. The first-order chi connectivity index (χ1) is 14.1. The second kappa shape index (κ2) is 12.1. The number of rotatable bonds is 11. The highest BCUT2D eigenvalue weighted by atomic mass is 32.1. The van der Waals surface area contributed by atoms with Crippen LogP contribution in [0, 0.1) is 11.8 Å². The fourth-order valence-electron chi connectivity index (χ4n) is 3.38. The zero-order valence-corrected chi connectivity index (χ0v) is 19.2. The van der Waals surface area contributed by atoms with Gasteiger partial charge in [0, 0.05) is 12.3 Å². The Morgan fingerprint density at radius 3 is 2.23 bits per heavy atom. The lowest BCUT2D eigenvalue weighted by Gasteiger charge is -2.32. The monoisotopic (exact) mass is 444 g/mol. The van der Waals surface area contributed by atoms with E-state index in [-0.39, 0.29) is 29.4 Å². The third-order valence-corrected chi connectivity index (χ3v) is 6.34. The van der Waals surface area contributed by atoms with Gasteiger partial charge in [0.2, 0.25) is 17.7 Å². The van der Waals surface area contributed by atoms with Crippen molar-refractivity contribution < 1.29 is 24.3 Å². The summed E-state index contributed by atoms with van der Waals surface area (Å²) in [6, 6.07) is -3.42. The molecule has 3 amide bonds. The van der Waals surface area contributed by atoms with E-state index < -0.39 is 36.0 Å². The van der Waals surface area contributed by atoms with Crippen molar-refractivity contribution in [3.8, 4) is 0 Å². The second-order valence-corrected chi connectivity index (χ2v) is 8.42. The van der Waals surface area contributed by atoms with Crippen molar-refractivity contribution in [2.45, 2.75) is 77.5 Å². The normalized spacial score (nSPS) is 21.3. The number of hydrogen-bond acceptors (Lipinski definition) is 6. The summed E-state index contributed by atoms with van der Waals surface area (Å²) in [5.41, 5.74) is 6.02. The SMILES string of the molecule is CCC(C)C(N)C(=O)NC(C(=O)N1CCCC1C(=O)NC(CS)C(=O)O)C(C)CC. The first-order valence-corrected chi connectivity index (χ1v) is 11.2. The van der Waals surface area contributed by atoms with Crippen LogP contribution in [-0.2, 0) is 19.2 Å². The Morgan fingerprint density at radius 1 is 1.13 bits per heavy atom. The maximum atomic E-state index is 13.3. The van der Waals surface area contributed by atoms with Crippen molar-refractivity contribution in [1.82, 2.24) is 15.5 Å². The Hall–Kier alpha value is -1.81. The van der Waals surface area contributed by atoms with Gasteiger partial charge in [0.15, 0.2) is 0 Å². The average Bonchev–Trinajstić information content (AvgIpc) is 3.22. The highest BCUT2D eigenvalue weighted by molar-refractivity contribution is 7.80. The summed E-state index contributed by atoms with van der Waals surface area (Å²) in [5, 5.41) is 14.4. The molecule has 0 spiro atoms. The molecule has 1 saturated heterocycles. The highest BCUT2D eigenvalue weighted by Crippen LogP contribution is 2.22. The molecule has 1 aliphatic rings. The van der Waals surface area contributed by atoms with Gasteiger partial charge in [-0.25, -0.2) is 4.79 Å². The Morgan fingerprint density at radius 2 is 1.73 bits per heavy atom. The number of amides is 3. The second-order valence-electron chi connectivity index (χ2n) is 8.05. The van der Waals surface area contributed by atoms with Gasteiger partial charge in [-0.1, -0.05) is 40.5 Å². The number of thiol groups is 1. The van der Waals surface area contributed by atoms with Crippen LogP contribution < -0.4 is 16.4 Å². The van der Waals surface area contributed by atoms with Crippen LogP contribution in [0.5, 0.6) is 0 Å². The van der Waals surface area contributed by atoms with Crippen LogP contribution in [0.25, 0.3) is 0 Å². The molecule has 0 aromatic carbocycles. The first-order valence-electron chi connectivity index (χ1n) is 10.6. The topological polar surface area (TPSA) is 142 Å². The van der Waals surface area contributed by atoms with Gasteiger partial charge in [-0.15, -0.1) is 0 Å². The summed E-state index contributed by atoms with van der Waals surface area (Å²) in [6.07, 6.45) is 2.45. The fraction of sp³-hybridized carbons (Fsp3) is 0.800. The summed E-state index contributed by atoms with van der Waals surface area (Å²) in [5.74, 6) is -2.67. The van der Waals surface area contributed by atoms with Gasteiger partial charge in [0.25, 0.3) is 0 Å². The Bertz CT molecular complexity index is 632. The number of nitrogens with two attached hydrogens (primary N) is 1. The quantitative estimate of drug-likeness (QED) is 0.292. The van der Waals surface area contributed by atoms with Crippen LogP contribution in [-0.4, -0.2) is 70.2 Å². The van der Waals surface area contributed by atoms with Crippen molar-refractivity contribution in [3.05, 3.63) is 0 Å². The minimum Gasteiger partial charge on any atom is -0.480 e. The van der Waals surface area contributed by atoms with Crippen LogP contribution in [0.2, 0.25) is 0 Å². The van der Waals surface area contributed by atoms with Crippen molar-refractivity contribution in [2.75, 3.05) is 12.3 Å². The Labute approximate surface area is 183 Å². The van der Waals surface area contributed by atoms with Crippen molar-refractivity contribution in [3.63, 3.8) is 0 Å². The number of nitrogens with zero attached hydrogens (tertiary/aromatic N) is 1. The first kappa shape index (κ1) is 26.2. The van der Waals surface area contributed by atoms with Crippen molar-refractivity contribution in [2.24, 2.45) is 17.6 Å². The molecular weight excluding hydrogens is 408 g/mol. The van der Waals surface area contributed by atoms with Gasteiger partial charge in [-0.05, 0) is 24.7 Å². The van der Waals surface area contributed by atoms with Gasteiger partial charge < -0.3 is 26.4 Å². The molecule has 6 unspecified atom stereocenters. The van der Waals surface area contributed by atoms with Crippen LogP contribution >= 0.6 is 12.6 Å². The van der Waals surface area contributed by atoms with E-state index in [1.807, 2.05) is 27.7 Å². The van der Waals surface area contributed by atoms with E-state index in [1.165, 1.54) is 4.90 Å². The van der Waals surface area contributed by atoms with Gasteiger partial charge in [-0.2, -0.15) is 12.6 Å². The summed E-state index contributed by atoms with van der Waals surface area (Å²) < 4.78 is 0. The standard InChI is InChI=1S/C20H36N4O5S/c1-5-11(3)15(21)18(26)23-16(12(4)6-2)19(27)24-9-7-8-14(24)17(25)22-13(10-30)20(28)29/h11-16,30H,5-10,21H2,1-4H3,(H,22,25)(H,23,26)(H,28,29). The third-order valence-electron chi connectivity index (χ3n) is 5.97. The molecule has 0 aromatic rings. The number of carboxylic acids is 1. The molecule has 0 aliphatic carbocycles. The number of carbonyl (C=O) groups excluding carboxylic acids is 3. The number of carbonyl (C=O) groups is 4. The van der Waals surface area contributed by atoms with Crippen molar-refractivity contribution >= 4 is 36.3 Å². The van der Waals surface area contributed by atoms with Gasteiger partial charge in [0.05, 0.1) is 6.04 Å². The molecular formula is C20H36N4O5S. The van der Waals surface area contributed by atoms with E-state index in [1.54, 1.807) is 0 Å². The van der Waals surface area contributed by atoms with Gasteiger partial charge in [-0.3, -0.25) is 14.4 Å². The number of nitrogens with one attached hydrogen (secondary N) is 2. The molecule has 10 heteroatoms. The van der Waals surface area contributed by atoms with Crippen LogP contribution in [0.1, 0.15) is 53.4 Å². The van der Waals surface area contributed by atoms with E-state index in [0.29, 0.717) is 25.8 Å². The average molecular weight is 445 g/mol. The van der Waals surface area contributed by atoms with Crippen LogP contribution in [0.4, 0.5) is 0 Å². The Kier molecular flexibility index (Phi) is 10.6.